The summed E-state index contributed by atoms with van der Waals surface area (Å²) in [7, 11) is 0. The molecule has 2 aliphatic heterocycles. The summed E-state index contributed by atoms with van der Waals surface area (Å²) in [6.45, 7) is 16.2. The Hall–Kier alpha value is -7.53. The number of benzene rings is 4. The predicted octanol–water partition coefficient (Wildman–Crippen LogP) is 6.55. The van der Waals surface area contributed by atoms with Crippen molar-refractivity contribution in [2.45, 2.75) is 124 Å². The fourth-order valence-electron chi connectivity index (χ4n) is 10.7. The van der Waals surface area contributed by atoms with Gasteiger partial charge in [-0.3, -0.25) is 38.4 Å². The summed E-state index contributed by atoms with van der Waals surface area (Å²) in [6.07, 6.45) is -1.11. The molecule has 2 aromatic heterocycles. The van der Waals surface area contributed by atoms with E-state index in [1.807, 2.05) is 111 Å². The van der Waals surface area contributed by atoms with Gasteiger partial charge in [0, 0.05) is 55.7 Å². The van der Waals surface area contributed by atoms with Gasteiger partial charge in [0.2, 0.25) is 35.4 Å². The first-order valence-electron chi connectivity index (χ1n) is 31.8. The molecule has 7 amide bonds. The summed E-state index contributed by atoms with van der Waals surface area (Å²) in [5.74, 6) is -6.79. The van der Waals surface area contributed by atoms with Crippen LogP contribution in [0.1, 0.15) is 93.7 Å². The van der Waals surface area contributed by atoms with Crippen LogP contribution in [0.15, 0.2) is 89.9 Å². The van der Waals surface area contributed by atoms with Gasteiger partial charge in [-0.2, -0.15) is 0 Å². The van der Waals surface area contributed by atoms with E-state index in [0.29, 0.717) is 23.1 Å². The van der Waals surface area contributed by atoms with Crippen LogP contribution >= 0.6 is 45.3 Å². The lowest BCUT2D eigenvalue weighted by Crippen LogP contribution is -2.58. The van der Waals surface area contributed by atoms with E-state index in [-0.39, 0.29) is 95.8 Å². The number of carbonyl (C=O) groups is 7. The van der Waals surface area contributed by atoms with Crippen LogP contribution in [-0.2, 0) is 56.2 Å². The lowest BCUT2D eigenvalue weighted by atomic mass is 9.85. The molecule has 0 spiro atoms. The molecule has 4 heterocycles. The highest BCUT2D eigenvalue weighted by molar-refractivity contribution is 14.1. The first kappa shape index (κ1) is 77.8. The number of ether oxygens (including phenoxy) is 2. The Morgan fingerprint density at radius 1 is 0.663 bits per heavy atom. The Balaban J connectivity index is 0.000000311. The molecule has 530 valence electrons. The maximum atomic E-state index is 14.7. The van der Waals surface area contributed by atoms with E-state index in [2.05, 4.69) is 47.3 Å². The van der Waals surface area contributed by atoms with E-state index in [4.69, 9.17) is 20.0 Å². The predicted molar refractivity (Wildman–Crippen MR) is 374 cm³/mol. The van der Waals surface area contributed by atoms with Crippen LogP contribution in [0.5, 0.6) is 0 Å². The summed E-state index contributed by atoms with van der Waals surface area (Å²) in [4.78, 5) is 111. The van der Waals surface area contributed by atoms with Gasteiger partial charge in [0.25, 0.3) is 5.91 Å². The van der Waals surface area contributed by atoms with Crippen molar-refractivity contribution < 1.29 is 71.3 Å². The number of rotatable bonds is 29. The number of aryl methyl sites for hydroxylation is 2. The van der Waals surface area contributed by atoms with Gasteiger partial charge in [-0.15, -0.1) is 22.7 Å². The van der Waals surface area contributed by atoms with Gasteiger partial charge in [-0.05, 0) is 113 Å². The maximum Gasteiger partial charge on any atom is 0.277 e. The highest BCUT2D eigenvalue weighted by Crippen LogP contribution is 2.33. The van der Waals surface area contributed by atoms with Crippen LogP contribution < -0.4 is 43.1 Å². The zero-order valence-electron chi connectivity index (χ0n) is 55.9. The van der Waals surface area contributed by atoms with Crippen molar-refractivity contribution in [2.75, 3.05) is 71.1 Å². The molecule has 11 N–H and O–H groups in total. The van der Waals surface area contributed by atoms with E-state index in [9.17, 15) is 56.9 Å². The zero-order valence-corrected chi connectivity index (χ0v) is 59.7. The lowest BCUT2D eigenvalue weighted by molar-refractivity contribution is -0.144. The quantitative estimate of drug-likeness (QED) is 0.0135. The minimum absolute atomic E-state index is 0.0198. The lowest BCUT2D eigenvalue weighted by Gasteiger charge is -2.35. The number of aliphatic hydroxyl groups excluding tert-OH is 2. The Bertz CT molecular complexity index is 3710. The third kappa shape index (κ3) is 22.2. The number of hydroxylamine groups is 1. The van der Waals surface area contributed by atoms with Crippen molar-refractivity contribution in [3.63, 3.8) is 0 Å². The van der Waals surface area contributed by atoms with Crippen molar-refractivity contribution >= 4 is 98.0 Å². The number of aromatic nitrogens is 2. The number of halogens is 4. The van der Waals surface area contributed by atoms with Crippen molar-refractivity contribution in [2.24, 2.45) is 16.6 Å². The van der Waals surface area contributed by atoms with Crippen LogP contribution in [-0.4, -0.2) is 173 Å². The largest absolute Gasteiger partial charge is 0.391 e. The summed E-state index contributed by atoms with van der Waals surface area (Å²) in [5.41, 5.74) is 14.6. The smallest absolute Gasteiger partial charge is 0.277 e. The number of carbonyl (C=O) groups excluding carboxylic acids is 7. The normalized spacial score (nSPS) is 16.7. The van der Waals surface area contributed by atoms with Crippen LogP contribution in [0.4, 0.5) is 24.5 Å². The van der Waals surface area contributed by atoms with E-state index < -0.39 is 106 Å². The molecular formula is C68H86F3IN12O12S2. The van der Waals surface area contributed by atoms with Gasteiger partial charge in [-0.1, -0.05) is 90.1 Å². The van der Waals surface area contributed by atoms with E-state index in [1.54, 1.807) is 55.0 Å². The number of β-amino-alcohol motifs (C(OH)–C–C–N with tert-alkyl or cyclic N) is 2. The molecule has 6 atom stereocenters. The summed E-state index contributed by atoms with van der Waals surface area (Å²) < 4.78 is 54.3. The second-order valence-electron chi connectivity index (χ2n) is 25.7. The standard InChI is InChI=1S/C42H49F3IN7O7S.C26H37N5O5S/c1-24-37(61-23-49-24)26-8-6-25(7-9-26)20-48-40(57)33-19-28(54)21-53(33)41(58)38(42(2,3)4)51-34(55)22-59-17-15-47-14-5-16-60-52-39(56)29-11-12-30(43)35(45)36(29)50-32-13-10-27(46)18-31(32)44;1-16-22(37-15-29-16)18-7-5-17(6-8-18)12-28-24(34)20-11-19(32)13-31(20)25(35)23(26(2,3)4)30-21(33)14-36-10-9-27/h6-13,18,23,28,33,38,47,50,54H,5,14-17,19-22H2,1-4H3,(H,48,57)(H,51,55)(H,52,56);5-8,15,19-20,23,32H,9-14,27H2,1-4H3,(H,28,34)(H,30,33)/t28-,33+,38-;19-,20+,23-/m11/s1. The summed E-state index contributed by atoms with van der Waals surface area (Å²) in [5, 5.41) is 37.6. The Morgan fingerprint density at radius 2 is 1.15 bits per heavy atom. The topological polar surface area (TPSA) is 330 Å². The summed E-state index contributed by atoms with van der Waals surface area (Å²) >= 11 is 5.03. The van der Waals surface area contributed by atoms with Gasteiger partial charge in [0.15, 0.2) is 11.6 Å². The zero-order chi connectivity index (χ0) is 71.4. The molecule has 0 saturated carbocycles. The molecular weight excluding hydrogens is 1420 g/mol. The second-order valence-corrected chi connectivity index (χ2v) is 28.7. The van der Waals surface area contributed by atoms with Gasteiger partial charge in [0.1, 0.15) is 43.2 Å². The van der Waals surface area contributed by atoms with Gasteiger partial charge >= 0.3 is 0 Å². The van der Waals surface area contributed by atoms with Crippen LogP contribution in [0, 0.1) is 45.7 Å². The van der Waals surface area contributed by atoms with Crippen molar-refractivity contribution in [3.05, 3.63) is 139 Å². The molecule has 30 heteroatoms. The number of likely N-dealkylation sites (tertiary alicyclic amines) is 2. The Labute approximate surface area is 589 Å². The van der Waals surface area contributed by atoms with Crippen molar-refractivity contribution in [1.82, 2.24) is 51.8 Å². The number of amides is 7. The molecule has 2 saturated heterocycles. The molecule has 4 aromatic carbocycles. The maximum absolute atomic E-state index is 14.7. The SMILES string of the molecule is Cc1ncsc1-c1ccc(CNC(=O)[C@@H]2C[C@@H](O)CN2C(=O)[C@@H](NC(=O)COCCN)C(C)(C)C)cc1.Cc1ncsc1-c1ccc(CNC(=O)[C@@H]2C[C@@H](O)CN2C(=O)[C@@H](NC(=O)COCCNCCCONC(=O)c2ccc(F)c(F)c2Nc2ccc(I)cc2F)C(C)(C)C)cc1. The number of nitrogens with zero attached hydrogens (tertiary/aromatic N) is 4. The number of aliphatic hydroxyl groups is 2. The molecule has 6 aromatic rings. The van der Waals surface area contributed by atoms with E-state index in [1.165, 1.54) is 21.9 Å². The number of nitrogens with one attached hydrogen (secondary N) is 7. The fourth-order valence-corrected chi connectivity index (χ4v) is 12.8. The Morgan fingerprint density at radius 3 is 1.60 bits per heavy atom. The van der Waals surface area contributed by atoms with Gasteiger partial charge in [-0.25, -0.2) is 28.6 Å². The van der Waals surface area contributed by atoms with Gasteiger partial charge < -0.3 is 67.1 Å². The van der Waals surface area contributed by atoms with Crippen molar-refractivity contribution in [3.8, 4) is 20.9 Å². The Kier molecular flexibility index (Phi) is 29.0. The fraction of sp³-hybridized carbons (Fsp3) is 0.456. The minimum Gasteiger partial charge on any atom is -0.391 e. The molecule has 24 nitrogen and oxygen atoms in total. The second kappa shape index (κ2) is 36.5. The first-order valence-corrected chi connectivity index (χ1v) is 34.7. The first-order chi connectivity index (χ1) is 46.5. The molecule has 0 aliphatic carbocycles. The van der Waals surface area contributed by atoms with Crippen LogP contribution in [0.2, 0.25) is 0 Å². The molecule has 0 unspecified atom stereocenters. The summed E-state index contributed by atoms with van der Waals surface area (Å²) in [6, 6.07) is 17.9. The highest BCUT2D eigenvalue weighted by Gasteiger charge is 2.46. The van der Waals surface area contributed by atoms with E-state index >= 15 is 0 Å². The monoisotopic (exact) mass is 1510 g/mol. The molecule has 0 radical (unpaired) electrons. The number of hydrogen-bond acceptors (Lipinski definition) is 19. The molecule has 0 bridgehead atoms. The minimum atomic E-state index is -1.35. The molecule has 8 rings (SSSR count). The number of hydrogen-bond donors (Lipinski definition) is 10. The van der Waals surface area contributed by atoms with Crippen LogP contribution in [0.25, 0.3) is 20.9 Å². The third-order valence-corrected chi connectivity index (χ3v) is 18.5. The average Bonchev–Trinajstić information content (AvgIpc) is 1.48. The highest BCUT2D eigenvalue weighted by atomic mass is 127. The molecule has 98 heavy (non-hydrogen) atoms. The molecule has 2 fully saturated rings. The number of nitrogens with two attached hydrogens (primary N) is 1. The third-order valence-electron chi connectivity index (χ3n) is 15.9. The average molecular weight is 1510 g/mol. The van der Waals surface area contributed by atoms with E-state index in [0.717, 1.165) is 55.5 Å². The molecule has 2 aliphatic rings. The van der Waals surface area contributed by atoms with Crippen molar-refractivity contribution in [1.29, 1.82) is 0 Å². The number of anilines is 2. The van der Waals surface area contributed by atoms with Gasteiger partial charge in [0.05, 0.1) is 81.1 Å². The number of thiazole rings is 2. The van der Waals surface area contributed by atoms with Crippen LogP contribution in [0.3, 0.4) is 0 Å².